The highest BCUT2D eigenvalue weighted by Gasteiger charge is 2.11. The number of aromatic nitrogens is 3. The summed E-state index contributed by atoms with van der Waals surface area (Å²) in [5, 5.41) is 7.04. The number of nitrogens with one attached hydrogen (secondary N) is 1. The molecule has 0 bridgehead atoms. The van der Waals surface area contributed by atoms with Crippen LogP contribution in [0.3, 0.4) is 0 Å². The molecule has 3 aromatic rings. The van der Waals surface area contributed by atoms with Crippen molar-refractivity contribution in [1.82, 2.24) is 20.1 Å². The minimum absolute atomic E-state index is 0.177. The number of carbonyl (C=O) groups excluding carboxylic acids is 1. The van der Waals surface area contributed by atoms with Gasteiger partial charge >= 0.3 is 0 Å². The van der Waals surface area contributed by atoms with Crippen LogP contribution in [0.5, 0.6) is 17.4 Å². The molecule has 27 heavy (non-hydrogen) atoms. The fraction of sp³-hybridized carbons (Fsp3) is 0.250. The molecular formula is C20H22N4O3. The van der Waals surface area contributed by atoms with Crippen LogP contribution < -0.4 is 14.8 Å². The molecule has 140 valence electrons. The number of para-hydroxylation sites is 2. The Labute approximate surface area is 158 Å². The highest BCUT2D eigenvalue weighted by Crippen LogP contribution is 2.30. The van der Waals surface area contributed by atoms with Crippen molar-refractivity contribution < 1.29 is 14.3 Å². The van der Waals surface area contributed by atoms with Gasteiger partial charge in [-0.25, -0.2) is 4.98 Å². The summed E-state index contributed by atoms with van der Waals surface area (Å²) >= 11 is 0. The van der Waals surface area contributed by atoms with E-state index in [4.69, 9.17) is 9.47 Å². The van der Waals surface area contributed by atoms with Crippen LogP contribution in [-0.2, 0) is 13.6 Å². The predicted octanol–water partition coefficient (Wildman–Crippen LogP) is 3.24. The van der Waals surface area contributed by atoms with E-state index in [9.17, 15) is 4.79 Å². The Balaban J connectivity index is 1.61. The van der Waals surface area contributed by atoms with E-state index in [0.717, 1.165) is 11.3 Å². The highest BCUT2D eigenvalue weighted by molar-refractivity contribution is 5.92. The summed E-state index contributed by atoms with van der Waals surface area (Å²) in [5.41, 5.74) is 2.19. The van der Waals surface area contributed by atoms with Gasteiger partial charge < -0.3 is 14.8 Å². The number of hydrogen-bond donors (Lipinski definition) is 1. The Kier molecular flexibility index (Phi) is 5.71. The van der Waals surface area contributed by atoms with Gasteiger partial charge in [0.2, 0.25) is 5.88 Å². The molecule has 0 saturated heterocycles. The maximum absolute atomic E-state index is 12.2. The lowest BCUT2D eigenvalue weighted by molar-refractivity contribution is 0.0941. The Bertz CT molecular complexity index is 919. The number of pyridine rings is 1. The molecule has 0 aliphatic carbocycles. The van der Waals surface area contributed by atoms with Gasteiger partial charge in [-0.1, -0.05) is 18.2 Å². The average Bonchev–Trinajstić information content (AvgIpc) is 3.01. The van der Waals surface area contributed by atoms with Crippen molar-refractivity contribution >= 4 is 5.91 Å². The molecule has 1 amide bonds. The van der Waals surface area contributed by atoms with Gasteiger partial charge in [0.1, 0.15) is 5.69 Å². The fourth-order valence-electron chi connectivity index (χ4n) is 2.59. The van der Waals surface area contributed by atoms with Crippen molar-refractivity contribution in [3.05, 3.63) is 65.6 Å². The Morgan fingerprint density at radius 1 is 1.19 bits per heavy atom. The van der Waals surface area contributed by atoms with Crippen LogP contribution in [0, 0.1) is 6.92 Å². The molecule has 7 nitrogen and oxygen atoms in total. The molecule has 0 spiro atoms. The molecule has 1 aromatic carbocycles. The normalized spacial score (nSPS) is 10.5. The Morgan fingerprint density at radius 3 is 2.59 bits per heavy atom. The number of amides is 1. The number of ether oxygens (including phenoxy) is 2. The highest BCUT2D eigenvalue weighted by atomic mass is 16.5. The van der Waals surface area contributed by atoms with Gasteiger partial charge in [-0.3, -0.25) is 9.48 Å². The quantitative estimate of drug-likeness (QED) is 0.694. The lowest BCUT2D eigenvalue weighted by Crippen LogP contribution is -2.25. The molecule has 2 aromatic heterocycles. The van der Waals surface area contributed by atoms with E-state index in [2.05, 4.69) is 15.4 Å². The zero-order chi connectivity index (χ0) is 19.2. The first-order chi connectivity index (χ1) is 13.1. The molecule has 3 rings (SSSR count). The molecule has 0 aliphatic heterocycles. The number of carbonyl (C=O) groups is 1. The zero-order valence-electron chi connectivity index (χ0n) is 15.6. The number of aryl methyl sites for hydroxylation is 2. The molecule has 7 heteroatoms. The average molecular weight is 366 g/mol. The summed E-state index contributed by atoms with van der Waals surface area (Å²) in [4.78, 5) is 16.5. The van der Waals surface area contributed by atoms with E-state index in [1.54, 1.807) is 30.1 Å². The first-order valence-corrected chi connectivity index (χ1v) is 8.70. The Hall–Kier alpha value is -3.35. The van der Waals surface area contributed by atoms with E-state index < -0.39 is 0 Å². The van der Waals surface area contributed by atoms with Crippen LogP contribution in [0.4, 0.5) is 0 Å². The number of nitrogens with zero attached hydrogens (tertiary/aromatic N) is 3. The summed E-state index contributed by atoms with van der Waals surface area (Å²) in [6, 6.07) is 12.8. The smallest absolute Gasteiger partial charge is 0.269 e. The van der Waals surface area contributed by atoms with Crippen LogP contribution in [0.1, 0.15) is 28.7 Å². The summed E-state index contributed by atoms with van der Waals surface area (Å²) in [7, 11) is 1.75. The Morgan fingerprint density at radius 2 is 1.96 bits per heavy atom. The van der Waals surface area contributed by atoms with Crippen LogP contribution in [-0.4, -0.2) is 27.3 Å². The molecular weight excluding hydrogens is 344 g/mol. The van der Waals surface area contributed by atoms with Crippen molar-refractivity contribution in [3.8, 4) is 17.4 Å². The van der Waals surface area contributed by atoms with E-state index >= 15 is 0 Å². The maximum Gasteiger partial charge on any atom is 0.269 e. The second-order valence-electron chi connectivity index (χ2n) is 5.96. The van der Waals surface area contributed by atoms with E-state index in [0.29, 0.717) is 36.2 Å². The van der Waals surface area contributed by atoms with Crippen LogP contribution in [0.25, 0.3) is 0 Å². The van der Waals surface area contributed by atoms with Crippen molar-refractivity contribution in [1.29, 1.82) is 0 Å². The van der Waals surface area contributed by atoms with Crippen LogP contribution in [0.15, 0.2) is 48.7 Å². The van der Waals surface area contributed by atoms with Crippen molar-refractivity contribution in [2.45, 2.75) is 20.4 Å². The minimum atomic E-state index is -0.177. The van der Waals surface area contributed by atoms with Gasteiger partial charge in [0.15, 0.2) is 11.5 Å². The van der Waals surface area contributed by atoms with E-state index in [1.807, 2.05) is 44.2 Å². The molecule has 0 saturated carbocycles. The third-order valence-electron chi connectivity index (χ3n) is 3.85. The first kappa shape index (κ1) is 18.4. The first-order valence-electron chi connectivity index (χ1n) is 8.70. The van der Waals surface area contributed by atoms with Gasteiger partial charge in [-0.05, 0) is 37.6 Å². The van der Waals surface area contributed by atoms with Crippen LogP contribution >= 0.6 is 0 Å². The van der Waals surface area contributed by atoms with E-state index in [-0.39, 0.29) is 5.91 Å². The number of rotatable bonds is 7. The minimum Gasteiger partial charge on any atom is -0.490 e. The van der Waals surface area contributed by atoms with Crippen LogP contribution in [0.2, 0.25) is 0 Å². The van der Waals surface area contributed by atoms with Crippen molar-refractivity contribution in [2.75, 3.05) is 6.61 Å². The molecule has 0 unspecified atom stereocenters. The van der Waals surface area contributed by atoms with Crippen molar-refractivity contribution in [2.24, 2.45) is 7.05 Å². The van der Waals surface area contributed by atoms with Crippen molar-refractivity contribution in [3.63, 3.8) is 0 Å². The molecule has 0 fully saturated rings. The second-order valence-corrected chi connectivity index (χ2v) is 5.96. The van der Waals surface area contributed by atoms with Gasteiger partial charge in [0.25, 0.3) is 5.91 Å². The summed E-state index contributed by atoms with van der Waals surface area (Å²) in [6.45, 7) is 4.70. The molecule has 0 atom stereocenters. The third-order valence-corrected chi connectivity index (χ3v) is 3.85. The van der Waals surface area contributed by atoms with Gasteiger partial charge in [0.05, 0.1) is 12.3 Å². The summed E-state index contributed by atoms with van der Waals surface area (Å²) in [6.07, 6.45) is 1.67. The lowest BCUT2D eigenvalue weighted by Gasteiger charge is -2.11. The standard InChI is InChI=1S/C20H22N4O3/c1-4-26-17-7-5-6-8-18(17)27-19-10-9-15(12-21-19)13-22-20(25)16-11-14(2)23-24(16)3/h5-12H,4,13H2,1-3H3,(H,22,25). The van der Waals surface area contributed by atoms with Gasteiger partial charge in [-0.2, -0.15) is 5.10 Å². The van der Waals surface area contributed by atoms with Gasteiger partial charge in [0, 0.05) is 25.9 Å². The lowest BCUT2D eigenvalue weighted by atomic mass is 10.2. The fourth-order valence-corrected chi connectivity index (χ4v) is 2.59. The van der Waals surface area contributed by atoms with Gasteiger partial charge in [-0.15, -0.1) is 0 Å². The molecule has 1 N–H and O–H groups in total. The van der Waals surface area contributed by atoms with E-state index in [1.165, 1.54) is 0 Å². The maximum atomic E-state index is 12.2. The second kappa shape index (κ2) is 8.35. The number of hydrogen-bond acceptors (Lipinski definition) is 5. The third kappa shape index (κ3) is 4.63. The molecule has 2 heterocycles. The molecule has 0 aliphatic rings. The SMILES string of the molecule is CCOc1ccccc1Oc1ccc(CNC(=O)c2cc(C)nn2C)cn1. The largest absolute Gasteiger partial charge is 0.490 e. The monoisotopic (exact) mass is 366 g/mol. The summed E-state index contributed by atoms with van der Waals surface area (Å²) < 4.78 is 12.9. The zero-order valence-corrected chi connectivity index (χ0v) is 15.6. The molecule has 0 radical (unpaired) electrons. The summed E-state index contributed by atoms with van der Waals surface area (Å²) in [5.74, 6) is 1.56. The number of benzene rings is 1. The topological polar surface area (TPSA) is 78.3 Å². The predicted molar refractivity (Wildman–Crippen MR) is 101 cm³/mol.